The van der Waals surface area contributed by atoms with Gasteiger partial charge in [-0.2, -0.15) is 0 Å². The first-order valence-electron chi connectivity index (χ1n) is 12.1. The van der Waals surface area contributed by atoms with Gasteiger partial charge in [0.05, 0.1) is 12.6 Å². The molecule has 0 radical (unpaired) electrons. The third kappa shape index (κ3) is 6.61. The van der Waals surface area contributed by atoms with E-state index in [9.17, 15) is 0 Å². The van der Waals surface area contributed by atoms with Crippen LogP contribution >= 0.6 is 24.0 Å². The van der Waals surface area contributed by atoms with E-state index in [0.29, 0.717) is 19.1 Å². The first kappa shape index (κ1) is 25.8. The van der Waals surface area contributed by atoms with Crippen molar-refractivity contribution in [1.82, 2.24) is 25.4 Å². The van der Waals surface area contributed by atoms with Gasteiger partial charge >= 0.3 is 0 Å². The molecule has 2 N–H and O–H groups in total. The van der Waals surface area contributed by atoms with Crippen LogP contribution in [0, 0.1) is 24.7 Å². The van der Waals surface area contributed by atoms with Gasteiger partial charge in [-0.25, -0.2) is 4.99 Å². The number of aromatic nitrogens is 3. The Morgan fingerprint density at radius 1 is 1.15 bits per heavy atom. The topological polar surface area (TPSA) is 76.4 Å². The van der Waals surface area contributed by atoms with Gasteiger partial charge in [0.1, 0.15) is 18.1 Å². The Hall–Kier alpha value is -1.84. The number of hydrogen-bond donors (Lipinski definition) is 2. The number of halogens is 1. The molecule has 1 aliphatic carbocycles. The Labute approximate surface area is 215 Å². The number of hydrogen-bond acceptors (Lipinski definition) is 4. The van der Waals surface area contributed by atoms with E-state index in [-0.39, 0.29) is 30.0 Å². The van der Waals surface area contributed by atoms with Gasteiger partial charge in [-0.3, -0.25) is 0 Å². The molecular formula is C25H39IN6O. The Morgan fingerprint density at radius 2 is 1.91 bits per heavy atom. The number of guanidine groups is 1. The number of ether oxygens (including phenoxy) is 1. The van der Waals surface area contributed by atoms with E-state index in [4.69, 9.17) is 9.73 Å². The Balaban J connectivity index is 0.00000306. The molecule has 8 heteroatoms. The first-order chi connectivity index (χ1) is 15.5. The number of nitrogens with one attached hydrogen (secondary N) is 2. The second-order valence-electron chi connectivity index (χ2n) is 9.66. The lowest BCUT2D eigenvalue weighted by molar-refractivity contribution is 0.224. The minimum absolute atomic E-state index is 0. The van der Waals surface area contributed by atoms with E-state index >= 15 is 0 Å². The molecule has 182 valence electrons. The van der Waals surface area contributed by atoms with Gasteiger partial charge < -0.3 is 19.9 Å². The molecule has 1 aromatic heterocycles. The summed E-state index contributed by atoms with van der Waals surface area (Å²) in [6.07, 6.45) is 6.20. The summed E-state index contributed by atoms with van der Waals surface area (Å²) in [7, 11) is 1.99. The molecule has 0 amide bonds. The molecule has 1 unspecified atom stereocenters. The fourth-order valence-electron chi connectivity index (χ4n) is 4.85. The van der Waals surface area contributed by atoms with Crippen molar-refractivity contribution in [3.05, 3.63) is 41.5 Å². The summed E-state index contributed by atoms with van der Waals surface area (Å²) >= 11 is 0. The SMILES string of the molecule is Cc1nnc(CN=C(NCC2CCC(C(C)C)CC2)NC2CCOc3ccccc32)n1C.I. The van der Waals surface area contributed by atoms with Crippen LogP contribution in [0.15, 0.2) is 29.3 Å². The number of rotatable bonds is 6. The fourth-order valence-corrected chi connectivity index (χ4v) is 4.85. The first-order valence-corrected chi connectivity index (χ1v) is 12.1. The lowest BCUT2D eigenvalue weighted by Gasteiger charge is -2.32. The van der Waals surface area contributed by atoms with E-state index in [0.717, 1.165) is 48.2 Å². The molecule has 7 nitrogen and oxygen atoms in total. The Morgan fingerprint density at radius 3 is 2.61 bits per heavy atom. The molecule has 1 aromatic carbocycles. The van der Waals surface area contributed by atoms with Crippen molar-refractivity contribution in [1.29, 1.82) is 0 Å². The van der Waals surface area contributed by atoms with Gasteiger partial charge in [0.15, 0.2) is 11.8 Å². The van der Waals surface area contributed by atoms with Crippen molar-refractivity contribution < 1.29 is 4.74 Å². The summed E-state index contributed by atoms with van der Waals surface area (Å²) in [4.78, 5) is 4.89. The molecule has 0 bridgehead atoms. The van der Waals surface area contributed by atoms with Crippen LogP contribution in [0.3, 0.4) is 0 Å². The maximum Gasteiger partial charge on any atom is 0.192 e. The van der Waals surface area contributed by atoms with Crippen molar-refractivity contribution >= 4 is 29.9 Å². The monoisotopic (exact) mass is 566 g/mol. The van der Waals surface area contributed by atoms with Gasteiger partial charge in [0.25, 0.3) is 0 Å². The predicted molar refractivity (Wildman–Crippen MR) is 143 cm³/mol. The highest BCUT2D eigenvalue weighted by Crippen LogP contribution is 2.33. The summed E-state index contributed by atoms with van der Waals surface area (Å²) in [5.74, 6) is 5.97. The lowest BCUT2D eigenvalue weighted by Crippen LogP contribution is -2.43. The lowest BCUT2D eigenvalue weighted by atomic mass is 9.77. The third-order valence-corrected chi connectivity index (χ3v) is 7.22. The summed E-state index contributed by atoms with van der Waals surface area (Å²) in [5.41, 5.74) is 1.19. The zero-order valence-corrected chi connectivity index (χ0v) is 22.7. The maximum atomic E-state index is 5.85. The third-order valence-electron chi connectivity index (χ3n) is 7.22. The van der Waals surface area contributed by atoms with Crippen LogP contribution in [0.1, 0.15) is 69.2 Å². The second kappa shape index (κ2) is 12.0. The average Bonchev–Trinajstić information content (AvgIpc) is 3.13. The molecule has 1 atom stereocenters. The van der Waals surface area contributed by atoms with Crippen LogP contribution in [0.4, 0.5) is 0 Å². The van der Waals surface area contributed by atoms with Crippen molar-refractivity contribution in [2.24, 2.45) is 29.8 Å². The van der Waals surface area contributed by atoms with Gasteiger partial charge in [-0.05, 0) is 56.4 Å². The van der Waals surface area contributed by atoms with Gasteiger partial charge in [-0.1, -0.05) is 32.0 Å². The maximum absolute atomic E-state index is 5.85. The van der Waals surface area contributed by atoms with Crippen molar-refractivity contribution in [3.63, 3.8) is 0 Å². The van der Waals surface area contributed by atoms with Crippen LogP contribution in [-0.4, -0.2) is 33.9 Å². The van der Waals surface area contributed by atoms with Gasteiger partial charge in [0.2, 0.25) is 0 Å². The second-order valence-corrected chi connectivity index (χ2v) is 9.66. The molecule has 0 saturated heterocycles. The highest BCUT2D eigenvalue weighted by atomic mass is 127. The molecular weight excluding hydrogens is 527 g/mol. The van der Waals surface area contributed by atoms with E-state index in [1.165, 1.54) is 31.2 Å². The zero-order chi connectivity index (χ0) is 22.5. The number of para-hydroxylation sites is 1. The summed E-state index contributed by atoms with van der Waals surface area (Å²) < 4.78 is 7.84. The van der Waals surface area contributed by atoms with Crippen LogP contribution in [-0.2, 0) is 13.6 Å². The van der Waals surface area contributed by atoms with E-state index in [1.807, 2.05) is 30.7 Å². The fraction of sp³-hybridized carbons (Fsp3) is 0.640. The number of nitrogens with zero attached hydrogens (tertiary/aromatic N) is 4. The quantitative estimate of drug-likeness (QED) is 0.300. The van der Waals surface area contributed by atoms with E-state index < -0.39 is 0 Å². The number of aliphatic imine (C=N–C) groups is 1. The van der Waals surface area contributed by atoms with Crippen molar-refractivity contribution in [2.75, 3.05) is 13.2 Å². The van der Waals surface area contributed by atoms with Crippen LogP contribution in [0.2, 0.25) is 0 Å². The predicted octanol–water partition coefficient (Wildman–Crippen LogP) is 4.76. The molecule has 2 heterocycles. The Bertz CT molecular complexity index is 919. The minimum atomic E-state index is 0. The van der Waals surface area contributed by atoms with E-state index in [2.05, 4.69) is 46.8 Å². The van der Waals surface area contributed by atoms with Crippen LogP contribution < -0.4 is 15.4 Å². The summed E-state index contributed by atoms with van der Waals surface area (Å²) in [6, 6.07) is 8.47. The summed E-state index contributed by atoms with van der Waals surface area (Å²) in [6.45, 7) is 8.85. The number of fused-ring (bicyclic) bond motifs is 1. The van der Waals surface area contributed by atoms with Crippen molar-refractivity contribution in [3.8, 4) is 5.75 Å². The summed E-state index contributed by atoms with van der Waals surface area (Å²) in [5, 5.41) is 15.8. The molecule has 2 aromatic rings. The molecule has 1 saturated carbocycles. The highest BCUT2D eigenvalue weighted by Gasteiger charge is 2.25. The normalized spacial score (nSPS) is 22.8. The number of benzene rings is 1. The zero-order valence-electron chi connectivity index (χ0n) is 20.4. The van der Waals surface area contributed by atoms with Gasteiger partial charge in [0, 0.05) is 25.6 Å². The van der Waals surface area contributed by atoms with Crippen molar-refractivity contribution in [2.45, 2.75) is 65.5 Å². The molecule has 2 aliphatic rings. The molecule has 1 aliphatic heterocycles. The molecule has 0 spiro atoms. The average molecular weight is 567 g/mol. The van der Waals surface area contributed by atoms with Crippen LogP contribution in [0.25, 0.3) is 0 Å². The smallest absolute Gasteiger partial charge is 0.192 e. The molecule has 4 rings (SSSR count). The standard InChI is InChI=1S/C25H38N6O.HI/c1-17(2)20-11-9-19(10-12-20)15-26-25(27-16-24-30-29-18(3)31(24)4)28-22-13-14-32-23-8-6-5-7-21(22)23;/h5-8,17,19-20,22H,9-16H2,1-4H3,(H2,26,27,28);1H. The van der Waals surface area contributed by atoms with Gasteiger partial charge in [-0.15, -0.1) is 34.2 Å². The largest absolute Gasteiger partial charge is 0.493 e. The highest BCUT2D eigenvalue weighted by molar-refractivity contribution is 14.0. The van der Waals surface area contributed by atoms with E-state index in [1.54, 1.807) is 0 Å². The minimum Gasteiger partial charge on any atom is -0.493 e. The van der Waals surface area contributed by atoms with Crippen LogP contribution in [0.5, 0.6) is 5.75 Å². The molecule has 1 fully saturated rings. The molecule has 33 heavy (non-hydrogen) atoms. The number of aryl methyl sites for hydroxylation is 1. The Kier molecular flexibility index (Phi) is 9.40.